The summed E-state index contributed by atoms with van der Waals surface area (Å²) in [6.45, 7) is 1.98. The van der Waals surface area contributed by atoms with Crippen LogP contribution in [0.25, 0.3) is 20.2 Å². The number of thiophene rings is 2. The zero-order chi connectivity index (χ0) is 25.2. The fourth-order valence-electron chi connectivity index (χ4n) is 2.71. The Bertz CT molecular complexity index is 1510. The Morgan fingerprint density at radius 3 is 1.58 bits per heavy atom. The van der Waals surface area contributed by atoms with Crippen LogP contribution in [0.3, 0.4) is 0 Å². The molecule has 2 heterocycles. The molecule has 0 bridgehead atoms. The van der Waals surface area contributed by atoms with Crippen molar-refractivity contribution in [3.63, 3.8) is 0 Å². The third kappa shape index (κ3) is 11.1. The predicted molar refractivity (Wildman–Crippen MR) is 130 cm³/mol. The molecule has 0 saturated carbocycles. The van der Waals surface area contributed by atoms with Crippen molar-refractivity contribution in [1.29, 1.82) is 0 Å². The van der Waals surface area contributed by atoms with Crippen molar-refractivity contribution in [2.24, 2.45) is 0 Å². The van der Waals surface area contributed by atoms with Crippen molar-refractivity contribution in [3.05, 3.63) is 58.8 Å². The summed E-state index contributed by atoms with van der Waals surface area (Å²) in [4.78, 5) is 34.5. The average molecular weight is 569 g/mol. The van der Waals surface area contributed by atoms with Crippen LogP contribution in [0.4, 0.5) is 0 Å². The van der Waals surface area contributed by atoms with E-state index in [0.717, 1.165) is 25.0 Å². The van der Waals surface area contributed by atoms with Crippen LogP contribution in [0.1, 0.15) is 4.88 Å². The van der Waals surface area contributed by atoms with E-state index in [2.05, 4.69) is 0 Å². The first kappa shape index (κ1) is 38.1. The Morgan fingerprint density at radius 2 is 1.14 bits per heavy atom. The van der Waals surface area contributed by atoms with E-state index in [1.807, 2.05) is 36.6 Å². The Balaban J connectivity index is -0.000000466. The molecule has 0 spiro atoms. The Morgan fingerprint density at radius 1 is 0.722 bits per heavy atom. The van der Waals surface area contributed by atoms with Crippen LogP contribution in [0, 0.1) is 6.92 Å². The van der Waals surface area contributed by atoms with E-state index in [1.54, 1.807) is 24.3 Å². The molecule has 4 rings (SSSR count). The molecule has 0 aliphatic carbocycles. The quantitative estimate of drug-likeness (QED) is 0.293. The van der Waals surface area contributed by atoms with E-state index in [4.69, 9.17) is 19.2 Å². The molecule has 0 aliphatic rings. The minimum absolute atomic E-state index is 0. The van der Waals surface area contributed by atoms with Gasteiger partial charge in [-0.3, -0.25) is 0 Å². The maximum atomic E-state index is 11.5. The minimum Gasteiger partial charge on any atom is -0.870 e. The molecule has 15 heteroatoms. The van der Waals surface area contributed by atoms with Gasteiger partial charge in [-0.25, -0.2) is 16.8 Å². The first-order valence-electron chi connectivity index (χ1n) is 8.74. The van der Waals surface area contributed by atoms with Gasteiger partial charge in [0, 0.05) is 17.4 Å². The van der Waals surface area contributed by atoms with Gasteiger partial charge in [0.1, 0.15) is 0 Å². The number of sulfone groups is 2. The Labute approximate surface area is 227 Å². The molecule has 0 radical (unpaired) electrons. The van der Waals surface area contributed by atoms with E-state index < -0.39 is 19.7 Å². The molecule has 2 aromatic heterocycles. The normalized spacial score (nSPS) is 9.53. The van der Waals surface area contributed by atoms with Crippen LogP contribution in [-0.4, -0.2) is 52.6 Å². The molecule has 36 heavy (non-hydrogen) atoms. The van der Waals surface area contributed by atoms with Crippen molar-refractivity contribution in [2.75, 3.05) is 12.5 Å². The standard InChI is InChI=1S/C10H10O2S2.C9H8O2S2.2CO2.Li.2H2O/c1-7-6-8-4-3-5-9(10(8)13-7)14(2,11)12;1-13(10,11)8-4-2-3-7-5-6-12-9(7)8;2*2-1-3;;;/h3-6H,1-2H3;2-6H,1H3;;;;2*1H2/q;;;;+1;;/p-1. The van der Waals surface area contributed by atoms with Crippen molar-refractivity contribution in [1.82, 2.24) is 0 Å². The van der Waals surface area contributed by atoms with Crippen molar-refractivity contribution < 1.29 is 65.8 Å². The molecule has 10 nitrogen and oxygen atoms in total. The molecule has 0 atom stereocenters. The van der Waals surface area contributed by atoms with Gasteiger partial charge in [0.25, 0.3) is 0 Å². The number of hydrogen-bond donors (Lipinski definition) is 0. The van der Waals surface area contributed by atoms with Crippen LogP contribution >= 0.6 is 22.7 Å². The number of benzene rings is 2. The largest absolute Gasteiger partial charge is 1.00 e. The monoisotopic (exact) mass is 568 g/mol. The summed E-state index contributed by atoms with van der Waals surface area (Å²) < 4.78 is 47.3. The number of carbonyl (C=O) groups excluding carboxylic acids is 4. The van der Waals surface area contributed by atoms with Gasteiger partial charge >= 0.3 is 31.2 Å². The summed E-state index contributed by atoms with van der Waals surface area (Å²) in [6.07, 6.45) is 2.98. The Kier molecular flexibility index (Phi) is 18.1. The van der Waals surface area contributed by atoms with Crippen LogP contribution in [0.15, 0.2) is 63.7 Å². The van der Waals surface area contributed by atoms with Crippen LogP contribution in [-0.2, 0) is 38.9 Å². The average Bonchev–Trinajstić information content (AvgIpc) is 3.32. The number of fused-ring (bicyclic) bond motifs is 2. The molecule has 3 N–H and O–H groups in total. The third-order valence-electron chi connectivity index (χ3n) is 3.87. The molecule has 0 fully saturated rings. The van der Waals surface area contributed by atoms with Crippen molar-refractivity contribution >= 4 is 74.8 Å². The molecule has 0 unspecified atom stereocenters. The third-order valence-corrected chi connectivity index (χ3v) is 8.47. The predicted octanol–water partition coefficient (Wildman–Crippen LogP) is -0.246. The van der Waals surface area contributed by atoms with Gasteiger partial charge in [0.2, 0.25) is 0 Å². The summed E-state index contributed by atoms with van der Waals surface area (Å²) in [6, 6.07) is 14.6. The van der Waals surface area contributed by atoms with Gasteiger partial charge in [0.05, 0.1) is 19.2 Å². The number of hydrogen-bond acceptors (Lipinski definition) is 11. The van der Waals surface area contributed by atoms with E-state index >= 15 is 0 Å². The smallest absolute Gasteiger partial charge is 0.870 e. The Hall–Kier alpha value is -2.46. The van der Waals surface area contributed by atoms with Gasteiger partial charge in [-0.05, 0) is 47.3 Å². The van der Waals surface area contributed by atoms with Gasteiger partial charge in [-0.1, -0.05) is 24.3 Å². The second-order valence-electron chi connectivity index (χ2n) is 6.34. The second-order valence-corrected chi connectivity index (χ2v) is 12.5. The molecule has 0 amide bonds. The van der Waals surface area contributed by atoms with Crippen molar-refractivity contribution in [3.8, 4) is 0 Å². The summed E-state index contributed by atoms with van der Waals surface area (Å²) >= 11 is 2.99. The molecule has 0 aliphatic heterocycles. The summed E-state index contributed by atoms with van der Waals surface area (Å²) in [7, 11) is -6.19. The molecule has 4 aromatic rings. The van der Waals surface area contributed by atoms with Crippen LogP contribution < -0.4 is 18.9 Å². The van der Waals surface area contributed by atoms with E-state index in [9.17, 15) is 16.8 Å². The molecular formula is C21H21LiO10S4. The molecule has 0 saturated heterocycles. The fraction of sp³-hybridized carbons (Fsp3) is 0.143. The fourth-order valence-corrected chi connectivity index (χ4v) is 7.18. The topological polar surface area (TPSA) is 198 Å². The molecule has 190 valence electrons. The first-order valence-corrected chi connectivity index (χ1v) is 14.2. The van der Waals surface area contributed by atoms with Gasteiger partial charge in [-0.2, -0.15) is 19.2 Å². The number of aryl methyl sites for hydroxylation is 1. The zero-order valence-corrected chi connectivity index (χ0v) is 22.8. The minimum atomic E-state index is -3.11. The van der Waals surface area contributed by atoms with Gasteiger partial charge in [-0.15, -0.1) is 22.7 Å². The second kappa shape index (κ2) is 17.1. The molecular weight excluding hydrogens is 547 g/mol. The molecule has 2 aromatic carbocycles. The maximum absolute atomic E-state index is 11.5. The maximum Gasteiger partial charge on any atom is 1.00 e. The van der Waals surface area contributed by atoms with E-state index in [0.29, 0.717) is 9.79 Å². The van der Waals surface area contributed by atoms with Gasteiger partial charge in [0.15, 0.2) is 19.7 Å². The van der Waals surface area contributed by atoms with Gasteiger partial charge < -0.3 is 11.0 Å². The first-order chi connectivity index (χ1) is 15.4. The summed E-state index contributed by atoms with van der Waals surface area (Å²) in [5, 5.41) is 3.91. The van der Waals surface area contributed by atoms with E-state index in [-0.39, 0.29) is 42.1 Å². The summed E-state index contributed by atoms with van der Waals surface area (Å²) in [5.41, 5.74) is 0. The SMILES string of the molecule is CS(=O)(=O)c1cccc2ccsc12.Cc1cc2cccc(S(C)(=O)=O)c2s1.O.O=C=O.O=C=O.[Li+].[OH-]. The zero-order valence-electron chi connectivity index (χ0n) is 19.5. The van der Waals surface area contributed by atoms with E-state index in [1.165, 1.54) is 35.2 Å². The van der Waals surface area contributed by atoms with Crippen LogP contribution in [0.2, 0.25) is 0 Å². The number of rotatable bonds is 2. The summed E-state index contributed by atoms with van der Waals surface area (Å²) in [5.74, 6) is 0. The van der Waals surface area contributed by atoms with Crippen LogP contribution in [0.5, 0.6) is 0 Å². The van der Waals surface area contributed by atoms with Crippen molar-refractivity contribution in [2.45, 2.75) is 16.7 Å².